The number of rotatable bonds is 3. The Morgan fingerprint density at radius 1 is 1.50 bits per heavy atom. The second-order valence-corrected chi connectivity index (χ2v) is 4.41. The number of likely N-dealkylation sites (tertiary alicyclic amines) is 1. The minimum Gasteiger partial charge on any atom is -0.481 e. The molecule has 2 atom stereocenters. The summed E-state index contributed by atoms with van der Waals surface area (Å²) in [5, 5.41) is 8.81. The van der Waals surface area contributed by atoms with E-state index in [4.69, 9.17) is 10.8 Å². The van der Waals surface area contributed by atoms with Crippen LogP contribution in [0.25, 0.3) is 0 Å². The lowest BCUT2D eigenvalue weighted by molar-refractivity contribution is -0.227. The number of halogens is 3. The summed E-state index contributed by atoms with van der Waals surface area (Å²) in [7, 11) is 0. The van der Waals surface area contributed by atoms with Crippen LogP contribution >= 0.6 is 0 Å². The van der Waals surface area contributed by atoms with Crippen molar-refractivity contribution in [3.05, 3.63) is 0 Å². The Balaban J connectivity index is 2.92. The van der Waals surface area contributed by atoms with Crippen molar-refractivity contribution in [3.8, 4) is 0 Å². The molecule has 18 heavy (non-hydrogen) atoms. The Kier molecular flexibility index (Phi) is 3.89. The highest BCUT2D eigenvalue weighted by Gasteiger charge is 2.64. The summed E-state index contributed by atoms with van der Waals surface area (Å²) in [6.07, 6.45) is -5.22. The van der Waals surface area contributed by atoms with Crippen LogP contribution in [0.4, 0.5) is 13.2 Å². The minimum absolute atomic E-state index is 0.238. The van der Waals surface area contributed by atoms with Crippen LogP contribution in [-0.2, 0) is 9.59 Å². The van der Waals surface area contributed by atoms with Crippen molar-refractivity contribution in [1.29, 1.82) is 0 Å². The quantitative estimate of drug-likeness (QED) is 0.784. The van der Waals surface area contributed by atoms with Gasteiger partial charge in [0.05, 0.1) is 6.04 Å². The Hall–Kier alpha value is -1.31. The summed E-state index contributed by atoms with van der Waals surface area (Å²) in [5.74, 6) is -2.58. The summed E-state index contributed by atoms with van der Waals surface area (Å²) in [5.41, 5.74) is 2.59. The third-order valence-corrected chi connectivity index (χ3v) is 3.29. The standard InChI is InChI=1S/C10H15F3N2O3/c1-2-6(14)7(16)15-4-3-9(5-15,8(17)18)10(11,12)13/h6H,2-5,14H2,1H3,(H,17,18). The second-order valence-electron chi connectivity index (χ2n) is 4.41. The van der Waals surface area contributed by atoms with Crippen molar-refractivity contribution in [1.82, 2.24) is 4.90 Å². The average Bonchev–Trinajstić information content (AvgIpc) is 2.72. The first-order valence-electron chi connectivity index (χ1n) is 5.50. The van der Waals surface area contributed by atoms with Crippen molar-refractivity contribution in [2.75, 3.05) is 13.1 Å². The molecule has 0 aromatic heterocycles. The SMILES string of the molecule is CCC(N)C(=O)N1CCC(C(=O)O)(C(F)(F)F)C1. The molecule has 0 spiro atoms. The molecule has 8 heteroatoms. The fourth-order valence-electron chi connectivity index (χ4n) is 1.93. The molecule has 0 radical (unpaired) electrons. The molecule has 0 bridgehead atoms. The largest absolute Gasteiger partial charge is 0.481 e. The molecule has 1 fully saturated rings. The van der Waals surface area contributed by atoms with Gasteiger partial charge in [0.1, 0.15) is 0 Å². The molecule has 1 rings (SSSR count). The number of carboxylic acids is 1. The predicted molar refractivity (Wildman–Crippen MR) is 55.6 cm³/mol. The lowest BCUT2D eigenvalue weighted by Gasteiger charge is -2.27. The zero-order valence-corrected chi connectivity index (χ0v) is 9.83. The van der Waals surface area contributed by atoms with Gasteiger partial charge in [-0.3, -0.25) is 9.59 Å². The molecule has 1 heterocycles. The zero-order valence-electron chi connectivity index (χ0n) is 9.83. The normalized spacial score (nSPS) is 26.2. The molecule has 1 aliphatic heterocycles. The number of amides is 1. The van der Waals surface area contributed by atoms with Crippen molar-refractivity contribution in [2.24, 2.45) is 11.1 Å². The van der Waals surface area contributed by atoms with E-state index < -0.39 is 42.5 Å². The third kappa shape index (κ3) is 2.29. The maximum Gasteiger partial charge on any atom is 0.406 e. The Morgan fingerprint density at radius 2 is 2.06 bits per heavy atom. The molecule has 1 amide bonds. The van der Waals surface area contributed by atoms with Crippen LogP contribution in [0.3, 0.4) is 0 Å². The van der Waals surface area contributed by atoms with Crippen molar-refractivity contribution in [3.63, 3.8) is 0 Å². The van der Waals surface area contributed by atoms with E-state index >= 15 is 0 Å². The molecule has 0 aliphatic carbocycles. The Bertz CT molecular complexity index is 359. The van der Waals surface area contributed by atoms with Crippen LogP contribution in [-0.4, -0.2) is 47.2 Å². The summed E-state index contributed by atoms with van der Waals surface area (Å²) in [6, 6.07) is -0.886. The molecule has 0 aromatic rings. The number of hydrogen-bond donors (Lipinski definition) is 2. The van der Waals surface area contributed by atoms with E-state index in [1.54, 1.807) is 6.92 Å². The van der Waals surface area contributed by atoms with Gasteiger partial charge in [-0.05, 0) is 12.8 Å². The number of carboxylic acid groups (broad SMARTS) is 1. The molecule has 1 aliphatic rings. The molecular formula is C10H15F3N2O3. The smallest absolute Gasteiger partial charge is 0.406 e. The van der Waals surface area contributed by atoms with E-state index in [9.17, 15) is 22.8 Å². The van der Waals surface area contributed by atoms with Gasteiger partial charge in [0.15, 0.2) is 5.41 Å². The maximum absolute atomic E-state index is 12.8. The summed E-state index contributed by atoms with van der Waals surface area (Å²) in [4.78, 5) is 23.4. The van der Waals surface area contributed by atoms with Gasteiger partial charge in [-0.1, -0.05) is 6.92 Å². The fourth-order valence-corrected chi connectivity index (χ4v) is 1.93. The number of hydrogen-bond acceptors (Lipinski definition) is 3. The van der Waals surface area contributed by atoms with Gasteiger partial charge in [0.25, 0.3) is 0 Å². The molecule has 5 nitrogen and oxygen atoms in total. The lowest BCUT2D eigenvalue weighted by Crippen LogP contribution is -2.49. The van der Waals surface area contributed by atoms with Crippen LogP contribution in [0.5, 0.6) is 0 Å². The second kappa shape index (κ2) is 4.75. The Morgan fingerprint density at radius 3 is 2.39 bits per heavy atom. The van der Waals surface area contributed by atoms with Gasteiger partial charge in [-0.15, -0.1) is 0 Å². The van der Waals surface area contributed by atoms with E-state index in [2.05, 4.69) is 0 Å². The number of carbonyl (C=O) groups is 2. The number of nitrogens with zero attached hydrogens (tertiary/aromatic N) is 1. The molecule has 1 saturated heterocycles. The van der Waals surface area contributed by atoms with E-state index in [0.29, 0.717) is 6.42 Å². The molecule has 2 unspecified atom stereocenters. The van der Waals surface area contributed by atoms with Crippen LogP contribution in [0.15, 0.2) is 0 Å². The van der Waals surface area contributed by atoms with Gasteiger partial charge in [-0.25, -0.2) is 0 Å². The summed E-state index contributed by atoms with van der Waals surface area (Å²) < 4.78 is 38.5. The van der Waals surface area contributed by atoms with Crippen LogP contribution in [0.1, 0.15) is 19.8 Å². The van der Waals surface area contributed by atoms with Crippen molar-refractivity contribution < 1.29 is 27.9 Å². The van der Waals surface area contributed by atoms with Crippen molar-refractivity contribution in [2.45, 2.75) is 32.0 Å². The van der Waals surface area contributed by atoms with Crippen LogP contribution < -0.4 is 5.73 Å². The van der Waals surface area contributed by atoms with Gasteiger partial charge in [0.2, 0.25) is 5.91 Å². The van der Waals surface area contributed by atoms with Gasteiger partial charge < -0.3 is 15.7 Å². The first-order valence-corrected chi connectivity index (χ1v) is 5.50. The molecule has 3 N–H and O–H groups in total. The number of nitrogens with two attached hydrogens (primary N) is 1. The molecule has 0 saturated carbocycles. The summed E-state index contributed by atoms with van der Waals surface area (Å²) in [6.45, 7) is 0.531. The average molecular weight is 268 g/mol. The highest BCUT2D eigenvalue weighted by molar-refractivity contribution is 5.84. The van der Waals surface area contributed by atoms with Gasteiger partial charge in [-0.2, -0.15) is 13.2 Å². The van der Waals surface area contributed by atoms with Gasteiger partial charge in [0, 0.05) is 13.1 Å². The van der Waals surface area contributed by atoms with E-state index in [0.717, 1.165) is 4.90 Å². The van der Waals surface area contributed by atoms with E-state index in [1.165, 1.54) is 0 Å². The first kappa shape index (κ1) is 14.7. The van der Waals surface area contributed by atoms with Crippen molar-refractivity contribution >= 4 is 11.9 Å². The Labute approximate surface area is 102 Å². The van der Waals surface area contributed by atoms with Gasteiger partial charge >= 0.3 is 12.1 Å². The zero-order chi connectivity index (χ0) is 14.1. The minimum atomic E-state index is -4.88. The van der Waals surface area contributed by atoms with Crippen LogP contribution in [0.2, 0.25) is 0 Å². The fraction of sp³-hybridized carbons (Fsp3) is 0.800. The molecule has 104 valence electrons. The van der Waals surface area contributed by atoms with Crippen LogP contribution in [0, 0.1) is 5.41 Å². The monoisotopic (exact) mass is 268 g/mol. The van der Waals surface area contributed by atoms with E-state index in [-0.39, 0.29) is 6.54 Å². The topological polar surface area (TPSA) is 83.6 Å². The third-order valence-electron chi connectivity index (χ3n) is 3.29. The van der Waals surface area contributed by atoms with E-state index in [1.807, 2.05) is 0 Å². The first-order chi connectivity index (χ1) is 8.15. The number of carbonyl (C=O) groups excluding carboxylic acids is 1. The summed E-state index contributed by atoms with van der Waals surface area (Å²) >= 11 is 0. The molecular weight excluding hydrogens is 253 g/mol. The number of alkyl halides is 3. The number of aliphatic carboxylic acids is 1. The predicted octanol–water partition coefficient (Wildman–Crippen LogP) is 0.589. The lowest BCUT2D eigenvalue weighted by atomic mass is 9.86. The highest BCUT2D eigenvalue weighted by atomic mass is 19.4. The maximum atomic E-state index is 12.8. The highest BCUT2D eigenvalue weighted by Crippen LogP contribution is 2.45. The molecule has 0 aromatic carbocycles.